The van der Waals surface area contributed by atoms with Crippen LogP contribution in [0.15, 0.2) is 10.7 Å². The maximum absolute atomic E-state index is 12.0. The smallest absolute Gasteiger partial charge is 0.304 e. The first-order chi connectivity index (χ1) is 10.3. The maximum Gasteiger partial charge on any atom is 0.304 e. The van der Waals surface area contributed by atoms with Crippen molar-refractivity contribution in [2.75, 3.05) is 43.6 Å². The second kappa shape index (κ2) is 6.70. The summed E-state index contributed by atoms with van der Waals surface area (Å²) in [6.07, 6.45) is 1.95. The van der Waals surface area contributed by atoms with E-state index in [0.29, 0.717) is 10.9 Å². The molecule has 0 aliphatic carbocycles. The molecule has 7 nitrogen and oxygen atoms in total. The molecule has 0 unspecified atom stereocenters. The van der Waals surface area contributed by atoms with Gasteiger partial charge in [0.1, 0.15) is 5.78 Å². The monoisotopic (exact) mass is 326 g/mol. The summed E-state index contributed by atoms with van der Waals surface area (Å²) in [7, 11) is 2.10. The molecular formula is C14H24N5O2S+. The number of ketones is 1. The minimum atomic E-state index is -0.396. The summed E-state index contributed by atoms with van der Waals surface area (Å²) in [4.78, 5) is 16.4. The Hall–Kier alpha value is -1.54. The van der Waals surface area contributed by atoms with E-state index in [1.807, 2.05) is 20.8 Å². The van der Waals surface area contributed by atoms with Crippen molar-refractivity contribution in [1.29, 1.82) is 0 Å². The molecule has 8 heteroatoms. The lowest BCUT2D eigenvalue weighted by Gasteiger charge is -2.26. The molecule has 0 atom stereocenters. The average molecular weight is 326 g/mol. The number of nitrogens with zero attached hydrogens (tertiary/aromatic N) is 4. The van der Waals surface area contributed by atoms with Crippen LogP contribution < -0.4 is 15.1 Å². The van der Waals surface area contributed by atoms with E-state index in [-0.39, 0.29) is 12.2 Å². The van der Waals surface area contributed by atoms with Gasteiger partial charge in [-0.25, -0.2) is 0 Å². The lowest BCUT2D eigenvalue weighted by molar-refractivity contribution is -0.759. The van der Waals surface area contributed by atoms with Crippen LogP contribution in [0.3, 0.4) is 0 Å². The molecule has 1 aliphatic rings. The lowest BCUT2D eigenvalue weighted by atomic mass is 9.89. The van der Waals surface area contributed by atoms with Crippen LogP contribution in [0.5, 0.6) is 0 Å². The highest BCUT2D eigenvalue weighted by atomic mass is 32.1. The molecule has 2 rings (SSSR count). The third-order valence-corrected chi connectivity index (χ3v) is 3.89. The van der Waals surface area contributed by atoms with Gasteiger partial charge in [0.05, 0.1) is 29.3 Å². The molecule has 0 spiro atoms. The topological polar surface area (TPSA) is 65.5 Å². The zero-order valence-corrected chi connectivity index (χ0v) is 14.4. The standard InChI is InChI=1S/C14H23N5O2S/c1-14(2,3)11(20)9-13(22)15-12-10-19(16-21-12)18-7-5-17(4)6-8-18/h10H,5-9H2,1-4H3/p+1. The molecule has 1 aliphatic heterocycles. The number of aromatic nitrogens is 2. The fourth-order valence-electron chi connectivity index (χ4n) is 2.02. The molecule has 1 aromatic heterocycles. The molecule has 0 saturated carbocycles. The van der Waals surface area contributed by atoms with Crippen LogP contribution >= 0.6 is 12.2 Å². The summed E-state index contributed by atoms with van der Waals surface area (Å²) in [5, 5.41) is 9.02. The second-order valence-corrected chi connectivity index (χ2v) is 7.13. The fourth-order valence-corrected chi connectivity index (χ4v) is 2.25. The summed E-state index contributed by atoms with van der Waals surface area (Å²) >= 11 is 5.21. The van der Waals surface area contributed by atoms with Crippen molar-refractivity contribution in [1.82, 2.24) is 10.2 Å². The van der Waals surface area contributed by atoms with Gasteiger partial charge in [-0.2, -0.15) is 5.01 Å². The zero-order chi connectivity index (χ0) is 16.3. The Bertz CT molecular complexity index is 544. The van der Waals surface area contributed by atoms with Crippen LogP contribution in [-0.2, 0) is 4.79 Å². The first kappa shape index (κ1) is 16.8. The van der Waals surface area contributed by atoms with Gasteiger partial charge in [-0.05, 0) is 7.05 Å². The van der Waals surface area contributed by atoms with E-state index in [0.717, 1.165) is 26.2 Å². The van der Waals surface area contributed by atoms with Gasteiger partial charge in [0.15, 0.2) is 0 Å². The average Bonchev–Trinajstić information content (AvgIpc) is 2.86. The Morgan fingerprint density at radius 3 is 2.64 bits per heavy atom. The number of rotatable bonds is 4. The number of Topliss-reactive ketones (excluding diaryl/α,β-unsaturated/α-hetero) is 1. The summed E-state index contributed by atoms with van der Waals surface area (Å²) in [6.45, 7) is 9.40. The Balaban J connectivity index is 1.89. The van der Waals surface area contributed by atoms with Crippen LogP contribution in [0.1, 0.15) is 27.2 Å². The summed E-state index contributed by atoms with van der Waals surface area (Å²) in [5.41, 5.74) is -0.396. The number of carbonyl (C=O) groups excluding carboxylic acids is 1. The first-order valence-electron chi connectivity index (χ1n) is 7.41. The molecule has 122 valence electrons. The predicted octanol–water partition coefficient (Wildman–Crippen LogP) is 0.590. The normalized spacial score (nSPS) is 16.6. The van der Waals surface area contributed by atoms with Gasteiger partial charge in [0, 0.05) is 18.5 Å². The molecule has 1 saturated heterocycles. The molecule has 1 N–H and O–H groups in total. The predicted molar refractivity (Wildman–Crippen MR) is 87.4 cm³/mol. The minimum Gasteiger partial charge on any atom is -0.313 e. The highest BCUT2D eigenvalue weighted by Gasteiger charge is 2.26. The first-order valence-corrected chi connectivity index (χ1v) is 7.82. The summed E-state index contributed by atoms with van der Waals surface area (Å²) < 4.78 is 5.23. The van der Waals surface area contributed by atoms with Gasteiger partial charge in [-0.1, -0.05) is 33.0 Å². The van der Waals surface area contributed by atoms with E-state index in [9.17, 15) is 4.79 Å². The Morgan fingerprint density at radius 1 is 1.41 bits per heavy atom. The number of nitrogens with one attached hydrogen (secondary N) is 1. The van der Waals surface area contributed by atoms with Gasteiger partial charge < -0.3 is 10.2 Å². The van der Waals surface area contributed by atoms with E-state index in [2.05, 4.69) is 27.5 Å². The van der Waals surface area contributed by atoms with Crippen molar-refractivity contribution in [2.45, 2.75) is 27.2 Å². The third-order valence-electron chi connectivity index (χ3n) is 3.65. The number of carbonyl (C=O) groups is 1. The number of piperazine rings is 1. The Labute approximate surface area is 136 Å². The van der Waals surface area contributed by atoms with E-state index in [1.54, 1.807) is 11.0 Å². The van der Waals surface area contributed by atoms with Crippen LogP contribution in [0.2, 0.25) is 0 Å². The van der Waals surface area contributed by atoms with Gasteiger partial charge in [-0.15, -0.1) is 0 Å². The van der Waals surface area contributed by atoms with Crippen molar-refractivity contribution >= 4 is 28.9 Å². The highest BCUT2D eigenvalue weighted by Crippen LogP contribution is 2.17. The third kappa shape index (κ3) is 4.48. The van der Waals surface area contributed by atoms with E-state index in [1.165, 1.54) is 0 Å². The van der Waals surface area contributed by atoms with Crippen molar-refractivity contribution in [3.63, 3.8) is 0 Å². The number of hydrogen-bond acceptors (Lipinski definition) is 6. The van der Waals surface area contributed by atoms with E-state index < -0.39 is 5.41 Å². The number of anilines is 1. The van der Waals surface area contributed by atoms with Crippen LogP contribution in [-0.4, -0.2) is 54.2 Å². The minimum absolute atomic E-state index is 0.0939. The summed E-state index contributed by atoms with van der Waals surface area (Å²) in [5.74, 6) is 0.544. The molecule has 0 radical (unpaired) electrons. The molecule has 22 heavy (non-hydrogen) atoms. The van der Waals surface area contributed by atoms with Gasteiger partial charge >= 0.3 is 5.88 Å². The van der Waals surface area contributed by atoms with Crippen molar-refractivity contribution in [3.8, 4) is 0 Å². The molecular weight excluding hydrogens is 302 g/mol. The van der Waals surface area contributed by atoms with Gasteiger partial charge in [0.25, 0.3) is 6.20 Å². The van der Waals surface area contributed by atoms with E-state index >= 15 is 0 Å². The van der Waals surface area contributed by atoms with Crippen LogP contribution in [0.4, 0.5) is 5.88 Å². The largest absolute Gasteiger partial charge is 0.313 e. The highest BCUT2D eigenvalue weighted by molar-refractivity contribution is 7.80. The molecule has 0 bridgehead atoms. The summed E-state index contributed by atoms with van der Waals surface area (Å²) in [6, 6.07) is 0. The maximum atomic E-state index is 12.0. The Kier molecular flexibility index (Phi) is 5.12. The molecule has 2 heterocycles. The van der Waals surface area contributed by atoms with Crippen molar-refractivity contribution < 1.29 is 14.1 Å². The van der Waals surface area contributed by atoms with Gasteiger partial charge in [0.2, 0.25) is 5.27 Å². The van der Waals surface area contributed by atoms with Crippen molar-refractivity contribution in [3.05, 3.63) is 6.20 Å². The van der Waals surface area contributed by atoms with Gasteiger partial charge in [-0.3, -0.25) is 9.32 Å². The SMILES string of the molecule is CN1CCN([n+]2cc(NC(=S)CC(=O)C(C)(C)C)on2)CC1. The fraction of sp³-hybridized carbons (Fsp3) is 0.714. The van der Waals surface area contributed by atoms with E-state index in [4.69, 9.17) is 16.7 Å². The van der Waals surface area contributed by atoms with Crippen LogP contribution in [0, 0.1) is 5.41 Å². The number of hydrogen-bond donors (Lipinski definition) is 1. The number of likely N-dealkylation sites (N-methyl/N-ethyl adjacent to an activating group) is 1. The second-order valence-electron chi connectivity index (χ2n) is 6.64. The molecule has 0 aromatic carbocycles. The zero-order valence-electron chi connectivity index (χ0n) is 13.6. The quantitative estimate of drug-likeness (QED) is 0.642. The molecule has 1 fully saturated rings. The van der Waals surface area contributed by atoms with Crippen molar-refractivity contribution in [2.24, 2.45) is 5.41 Å². The Morgan fingerprint density at radius 2 is 2.05 bits per heavy atom. The molecule has 1 aromatic rings. The van der Waals surface area contributed by atoms with Crippen LogP contribution in [0.25, 0.3) is 0 Å². The number of thiocarbonyl (C=S) groups is 1. The lowest BCUT2D eigenvalue weighted by Crippen LogP contribution is -2.64. The molecule has 0 amide bonds.